The van der Waals surface area contributed by atoms with Crippen molar-refractivity contribution in [2.75, 3.05) is 0 Å². The maximum atomic E-state index is 11.6. The number of benzene rings is 1. The Labute approximate surface area is 101 Å². The lowest BCUT2D eigenvalue weighted by atomic mass is 9.92. The molecular formula is C13H17N3O. The molecule has 0 N–H and O–H groups in total. The van der Waals surface area contributed by atoms with Gasteiger partial charge >= 0.3 is 0 Å². The van der Waals surface area contributed by atoms with Crippen molar-refractivity contribution in [2.45, 2.75) is 27.3 Å². The number of nitrogens with zero attached hydrogens (tertiary/aromatic N) is 3. The van der Waals surface area contributed by atoms with Gasteiger partial charge in [-0.05, 0) is 25.0 Å². The third-order valence-electron chi connectivity index (χ3n) is 3.12. The highest BCUT2D eigenvalue weighted by Gasteiger charge is 2.20. The zero-order valence-electron chi connectivity index (χ0n) is 10.4. The first kappa shape index (κ1) is 11.8. The van der Waals surface area contributed by atoms with Gasteiger partial charge in [-0.1, -0.05) is 31.2 Å². The average molecular weight is 231 g/mol. The van der Waals surface area contributed by atoms with Crippen molar-refractivity contribution in [3.05, 3.63) is 24.3 Å². The van der Waals surface area contributed by atoms with Crippen LogP contribution in [0.3, 0.4) is 0 Å². The van der Waals surface area contributed by atoms with E-state index in [2.05, 4.69) is 24.2 Å². The summed E-state index contributed by atoms with van der Waals surface area (Å²) >= 11 is 0. The molecule has 0 saturated heterocycles. The second-order valence-corrected chi connectivity index (χ2v) is 4.72. The Morgan fingerprint density at radius 3 is 2.71 bits per heavy atom. The molecule has 4 nitrogen and oxygen atoms in total. The summed E-state index contributed by atoms with van der Waals surface area (Å²) in [6.07, 6.45) is 0. The van der Waals surface area contributed by atoms with Crippen LogP contribution in [0, 0.1) is 11.8 Å². The topological polar surface area (TPSA) is 47.8 Å². The van der Waals surface area contributed by atoms with Gasteiger partial charge < -0.3 is 0 Å². The number of hydrogen-bond acceptors (Lipinski definition) is 3. The van der Waals surface area contributed by atoms with Gasteiger partial charge in [0.05, 0.1) is 12.1 Å². The average Bonchev–Trinajstić information content (AvgIpc) is 2.68. The van der Waals surface area contributed by atoms with E-state index in [1.165, 1.54) is 0 Å². The molecule has 2 aromatic rings. The minimum Gasteiger partial charge on any atom is -0.300 e. The fraction of sp³-hybridized carbons (Fsp3) is 0.462. The Morgan fingerprint density at radius 2 is 2.06 bits per heavy atom. The Kier molecular flexibility index (Phi) is 3.22. The van der Waals surface area contributed by atoms with Gasteiger partial charge in [-0.3, -0.25) is 4.79 Å². The predicted octanol–water partition coefficient (Wildman–Crippen LogP) is 2.29. The van der Waals surface area contributed by atoms with Gasteiger partial charge in [-0.15, -0.1) is 5.10 Å². The van der Waals surface area contributed by atoms with Crippen molar-refractivity contribution in [1.82, 2.24) is 15.0 Å². The smallest absolute Gasteiger partial charge is 0.135 e. The van der Waals surface area contributed by atoms with E-state index in [1.807, 2.05) is 28.9 Å². The highest BCUT2D eigenvalue weighted by Crippen LogP contribution is 2.17. The molecule has 1 aromatic heterocycles. The lowest BCUT2D eigenvalue weighted by Gasteiger charge is -2.17. The van der Waals surface area contributed by atoms with Gasteiger partial charge in [-0.2, -0.15) is 0 Å². The molecule has 0 spiro atoms. The van der Waals surface area contributed by atoms with E-state index in [9.17, 15) is 4.79 Å². The molecule has 2 rings (SSSR count). The summed E-state index contributed by atoms with van der Waals surface area (Å²) in [5.74, 6) is 0.523. The van der Waals surface area contributed by atoms with Gasteiger partial charge in [0.1, 0.15) is 11.3 Å². The van der Waals surface area contributed by atoms with Crippen LogP contribution in [-0.4, -0.2) is 20.8 Å². The molecule has 0 saturated carbocycles. The molecule has 0 aliphatic carbocycles. The summed E-state index contributed by atoms with van der Waals surface area (Å²) < 4.78 is 1.82. The number of para-hydroxylation sites is 1. The number of rotatable bonds is 4. The molecule has 1 aromatic carbocycles. The molecule has 1 atom stereocenters. The number of Topliss-reactive ketones (excluding diaryl/α,β-unsaturated/α-hetero) is 1. The fourth-order valence-corrected chi connectivity index (χ4v) is 2.05. The Balaban J connectivity index is 2.31. The van der Waals surface area contributed by atoms with Crippen molar-refractivity contribution in [3.8, 4) is 0 Å². The van der Waals surface area contributed by atoms with Gasteiger partial charge in [0.25, 0.3) is 0 Å². The molecule has 90 valence electrons. The van der Waals surface area contributed by atoms with Crippen LogP contribution in [0.2, 0.25) is 0 Å². The Bertz CT molecular complexity index is 530. The second-order valence-electron chi connectivity index (χ2n) is 4.72. The molecule has 1 unspecified atom stereocenters. The number of carbonyl (C=O) groups excluding carboxylic acids is 1. The predicted molar refractivity (Wildman–Crippen MR) is 66.5 cm³/mol. The van der Waals surface area contributed by atoms with Crippen LogP contribution in [0.25, 0.3) is 11.0 Å². The molecule has 0 bridgehead atoms. The maximum absolute atomic E-state index is 11.6. The van der Waals surface area contributed by atoms with Crippen molar-refractivity contribution in [2.24, 2.45) is 11.8 Å². The van der Waals surface area contributed by atoms with E-state index >= 15 is 0 Å². The van der Waals surface area contributed by atoms with Gasteiger partial charge in [0.2, 0.25) is 0 Å². The summed E-state index contributed by atoms with van der Waals surface area (Å²) in [5, 5.41) is 8.21. The van der Waals surface area contributed by atoms with Crippen LogP contribution in [0.1, 0.15) is 20.8 Å². The second kappa shape index (κ2) is 4.65. The van der Waals surface area contributed by atoms with Gasteiger partial charge in [0.15, 0.2) is 0 Å². The monoisotopic (exact) mass is 231 g/mol. The third-order valence-corrected chi connectivity index (χ3v) is 3.12. The normalized spacial score (nSPS) is 13.2. The minimum absolute atomic E-state index is 0.0000983. The highest BCUT2D eigenvalue weighted by atomic mass is 16.1. The number of hydrogen-bond donors (Lipinski definition) is 0. The minimum atomic E-state index is 0.0000983. The highest BCUT2D eigenvalue weighted by molar-refractivity contribution is 5.79. The van der Waals surface area contributed by atoms with E-state index in [0.29, 0.717) is 12.5 Å². The first-order valence-electron chi connectivity index (χ1n) is 5.88. The molecule has 1 heterocycles. The lowest BCUT2D eigenvalue weighted by Crippen LogP contribution is -2.24. The largest absolute Gasteiger partial charge is 0.300 e. The number of ketones is 1. The number of aromatic nitrogens is 3. The summed E-state index contributed by atoms with van der Waals surface area (Å²) in [6.45, 7) is 6.37. The fourth-order valence-electron chi connectivity index (χ4n) is 2.05. The molecule has 0 aliphatic heterocycles. The van der Waals surface area contributed by atoms with Crippen molar-refractivity contribution in [3.63, 3.8) is 0 Å². The molecule has 0 amide bonds. The standard InChI is InChI=1S/C13H17N3O/c1-9(2)11(10(3)17)8-16-13-7-5-4-6-12(13)14-15-16/h4-7,9,11H,8H2,1-3H3. The molecule has 0 radical (unpaired) electrons. The van der Waals surface area contributed by atoms with E-state index in [0.717, 1.165) is 11.0 Å². The van der Waals surface area contributed by atoms with Crippen molar-refractivity contribution in [1.29, 1.82) is 0 Å². The quantitative estimate of drug-likeness (QED) is 0.811. The summed E-state index contributed by atoms with van der Waals surface area (Å²) in [7, 11) is 0. The SMILES string of the molecule is CC(=O)C(Cn1nnc2ccccc21)C(C)C. The van der Waals surface area contributed by atoms with Crippen LogP contribution in [0.5, 0.6) is 0 Å². The Morgan fingerprint density at radius 1 is 1.35 bits per heavy atom. The summed E-state index contributed by atoms with van der Waals surface area (Å²) in [6, 6.07) is 7.80. The molecule has 0 fully saturated rings. The van der Waals surface area contributed by atoms with E-state index < -0.39 is 0 Å². The molecule has 0 aliphatic rings. The van der Waals surface area contributed by atoms with Crippen molar-refractivity contribution < 1.29 is 4.79 Å². The van der Waals surface area contributed by atoms with E-state index in [-0.39, 0.29) is 11.7 Å². The Hall–Kier alpha value is -1.71. The lowest BCUT2D eigenvalue weighted by molar-refractivity contribution is -0.122. The first-order valence-corrected chi connectivity index (χ1v) is 5.88. The van der Waals surface area contributed by atoms with Crippen LogP contribution >= 0.6 is 0 Å². The van der Waals surface area contributed by atoms with Crippen LogP contribution in [-0.2, 0) is 11.3 Å². The number of fused-ring (bicyclic) bond motifs is 1. The third kappa shape index (κ3) is 2.35. The summed E-state index contributed by atoms with van der Waals surface area (Å²) in [4.78, 5) is 11.6. The molecule has 4 heteroatoms. The molecule has 17 heavy (non-hydrogen) atoms. The van der Waals surface area contributed by atoms with E-state index in [4.69, 9.17) is 0 Å². The number of carbonyl (C=O) groups is 1. The van der Waals surface area contributed by atoms with Crippen LogP contribution in [0.4, 0.5) is 0 Å². The first-order chi connectivity index (χ1) is 8.09. The van der Waals surface area contributed by atoms with Gasteiger partial charge in [0, 0.05) is 5.92 Å². The molecular weight excluding hydrogens is 214 g/mol. The summed E-state index contributed by atoms with van der Waals surface area (Å²) in [5.41, 5.74) is 1.86. The van der Waals surface area contributed by atoms with Crippen LogP contribution in [0.15, 0.2) is 24.3 Å². The van der Waals surface area contributed by atoms with Gasteiger partial charge in [-0.25, -0.2) is 4.68 Å². The van der Waals surface area contributed by atoms with E-state index in [1.54, 1.807) is 6.92 Å². The van der Waals surface area contributed by atoms with Crippen molar-refractivity contribution >= 4 is 16.8 Å². The zero-order chi connectivity index (χ0) is 12.4. The maximum Gasteiger partial charge on any atom is 0.135 e. The zero-order valence-corrected chi connectivity index (χ0v) is 10.4. The van der Waals surface area contributed by atoms with Crippen LogP contribution < -0.4 is 0 Å².